The summed E-state index contributed by atoms with van der Waals surface area (Å²) in [4.78, 5) is 2.49. The van der Waals surface area contributed by atoms with Gasteiger partial charge in [0.1, 0.15) is 0 Å². The molecule has 1 aliphatic rings. The summed E-state index contributed by atoms with van der Waals surface area (Å²) in [5.41, 5.74) is 2.49. The zero-order chi connectivity index (χ0) is 15.2. The normalized spacial score (nSPS) is 20.0. The molecule has 1 aromatic carbocycles. The standard InChI is InChI=1S/C18H29ClN2/c1-4-6-15-9-11-21(13-15)16-7-8-17(18(19)12-16)14(3)20-10-5-2/h7-8,12,14-15,20H,4-6,9-11,13H2,1-3H3. The predicted molar refractivity (Wildman–Crippen MR) is 93.4 cm³/mol. The van der Waals surface area contributed by atoms with Gasteiger partial charge in [-0.2, -0.15) is 0 Å². The van der Waals surface area contributed by atoms with Crippen LogP contribution in [-0.4, -0.2) is 19.6 Å². The van der Waals surface area contributed by atoms with Crippen LogP contribution in [0.15, 0.2) is 18.2 Å². The van der Waals surface area contributed by atoms with Gasteiger partial charge in [-0.25, -0.2) is 0 Å². The lowest BCUT2D eigenvalue weighted by molar-refractivity contribution is 0.530. The minimum absolute atomic E-state index is 0.318. The molecular formula is C18H29ClN2. The van der Waals surface area contributed by atoms with E-state index in [1.807, 2.05) is 0 Å². The summed E-state index contributed by atoms with van der Waals surface area (Å²) in [6, 6.07) is 6.89. The summed E-state index contributed by atoms with van der Waals surface area (Å²) in [5, 5.41) is 4.40. The summed E-state index contributed by atoms with van der Waals surface area (Å²) in [6.45, 7) is 10.0. The lowest BCUT2D eigenvalue weighted by Gasteiger charge is -2.21. The fourth-order valence-electron chi connectivity index (χ4n) is 3.25. The van der Waals surface area contributed by atoms with Gasteiger partial charge in [-0.3, -0.25) is 0 Å². The summed E-state index contributed by atoms with van der Waals surface area (Å²) >= 11 is 6.51. The molecule has 1 heterocycles. The molecule has 2 unspecified atom stereocenters. The Balaban J connectivity index is 2.02. The molecule has 3 heteroatoms. The Morgan fingerprint density at radius 3 is 2.81 bits per heavy atom. The molecule has 0 saturated carbocycles. The highest BCUT2D eigenvalue weighted by Gasteiger charge is 2.22. The fraction of sp³-hybridized carbons (Fsp3) is 0.667. The maximum absolute atomic E-state index is 6.51. The molecule has 2 nitrogen and oxygen atoms in total. The van der Waals surface area contributed by atoms with Crippen molar-refractivity contribution in [3.8, 4) is 0 Å². The smallest absolute Gasteiger partial charge is 0.0474 e. The molecule has 0 aromatic heterocycles. The van der Waals surface area contributed by atoms with Crippen molar-refractivity contribution < 1.29 is 0 Å². The number of nitrogens with one attached hydrogen (secondary N) is 1. The fourth-order valence-corrected chi connectivity index (χ4v) is 3.58. The number of hydrogen-bond acceptors (Lipinski definition) is 2. The molecule has 0 amide bonds. The van der Waals surface area contributed by atoms with Gasteiger partial charge in [0.15, 0.2) is 0 Å². The third-order valence-electron chi connectivity index (χ3n) is 4.50. The third kappa shape index (κ3) is 4.37. The van der Waals surface area contributed by atoms with E-state index in [9.17, 15) is 0 Å². The minimum atomic E-state index is 0.318. The predicted octanol–water partition coefficient (Wildman–Crippen LogP) is 5.03. The quantitative estimate of drug-likeness (QED) is 0.760. The van der Waals surface area contributed by atoms with Crippen molar-refractivity contribution in [2.24, 2.45) is 5.92 Å². The molecule has 1 aliphatic heterocycles. The van der Waals surface area contributed by atoms with Crippen LogP contribution in [0.5, 0.6) is 0 Å². The van der Waals surface area contributed by atoms with Crippen molar-refractivity contribution in [2.75, 3.05) is 24.5 Å². The Hall–Kier alpha value is -0.730. The van der Waals surface area contributed by atoms with Gasteiger partial charge in [-0.15, -0.1) is 0 Å². The Kier molecular flexibility index (Phi) is 6.38. The van der Waals surface area contributed by atoms with Gasteiger partial charge in [0, 0.05) is 29.8 Å². The molecule has 0 spiro atoms. The van der Waals surface area contributed by atoms with Crippen LogP contribution in [0.4, 0.5) is 5.69 Å². The molecule has 1 N–H and O–H groups in total. The second-order valence-corrected chi connectivity index (χ2v) is 6.68. The SMILES string of the molecule is CCCNC(C)c1ccc(N2CCC(CCC)C2)cc1Cl. The van der Waals surface area contributed by atoms with E-state index in [1.165, 1.54) is 43.6 Å². The van der Waals surface area contributed by atoms with Gasteiger partial charge >= 0.3 is 0 Å². The van der Waals surface area contributed by atoms with Crippen LogP contribution in [0.25, 0.3) is 0 Å². The van der Waals surface area contributed by atoms with Crippen molar-refractivity contribution in [2.45, 2.75) is 52.5 Å². The number of anilines is 1. The first-order valence-electron chi connectivity index (χ1n) is 8.43. The summed E-state index contributed by atoms with van der Waals surface area (Å²) in [7, 11) is 0. The largest absolute Gasteiger partial charge is 0.371 e. The first kappa shape index (κ1) is 16.6. The minimum Gasteiger partial charge on any atom is -0.371 e. The molecule has 0 aliphatic carbocycles. The van der Waals surface area contributed by atoms with Gasteiger partial charge in [-0.1, -0.05) is 37.9 Å². The number of rotatable bonds is 7. The molecule has 1 saturated heterocycles. The van der Waals surface area contributed by atoms with Gasteiger partial charge in [0.2, 0.25) is 0 Å². The average molecular weight is 309 g/mol. The molecule has 2 rings (SSSR count). The molecule has 118 valence electrons. The zero-order valence-corrected chi connectivity index (χ0v) is 14.4. The van der Waals surface area contributed by atoms with E-state index in [2.05, 4.69) is 49.2 Å². The van der Waals surface area contributed by atoms with E-state index < -0.39 is 0 Å². The Morgan fingerprint density at radius 2 is 2.14 bits per heavy atom. The first-order valence-corrected chi connectivity index (χ1v) is 8.81. The lowest BCUT2D eigenvalue weighted by atomic mass is 10.0. The van der Waals surface area contributed by atoms with Gasteiger partial charge in [-0.05, 0) is 56.3 Å². The van der Waals surface area contributed by atoms with E-state index in [-0.39, 0.29) is 0 Å². The van der Waals surface area contributed by atoms with Crippen LogP contribution < -0.4 is 10.2 Å². The summed E-state index contributed by atoms with van der Waals surface area (Å²) < 4.78 is 0. The highest BCUT2D eigenvalue weighted by Crippen LogP contribution is 2.31. The highest BCUT2D eigenvalue weighted by atomic mass is 35.5. The van der Waals surface area contributed by atoms with E-state index >= 15 is 0 Å². The molecule has 1 fully saturated rings. The van der Waals surface area contributed by atoms with Gasteiger partial charge in [0.05, 0.1) is 0 Å². The van der Waals surface area contributed by atoms with Crippen molar-refractivity contribution in [3.05, 3.63) is 28.8 Å². The average Bonchev–Trinajstić information content (AvgIpc) is 2.93. The van der Waals surface area contributed by atoms with Gasteiger partial charge in [0.25, 0.3) is 0 Å². The number of benzene rings is 1. The molecule has 1 aromatic rings. The second kappa shape index (κ2) is 8.05. The van der Waals surface area contributed by atoms with Crippen LogP contribution in [-0.2, 0) is 0 Å². The molecule has 0 bridgehead atoms. The van der Waals surface area contributed by atoms with E-state index in [4.69, 9.17) is 11.6 Å². The van der Waals surface area contributed by atoms with Crippen molar-refractivity contribution >= 4 is 17.3 Å². The number of hydrogen-bond donors (Lipinski definition) is 1. The van der Waals surface area contributed by atoms with Crippen molar-refractivity contribution in [1.82, 2.24) is 5.32 Å². The monoisotopic (exact) mass is 308 g/mol. The van der Waals surface area contributed by atoms with Crippen LogP contribution in [0.2, 0.25) is 5.02 Å². The maximum atomic E-state index is 6.51. The Labute approximate surface area is 134 Å². The third-order valence-corrected chi connectivity index (χ3v) is 4.83. The lowest BCUT2D eigenvalue weighted by Crippen LogP contribution is -2.21. The molecule has 21 heavy (non-hydrogen) atoms. The van der Waals surface area contributed by atoms with Crippen LogP contribution in [0.1, 0.15) is 58.1 Å². The van der Waals surface area contributed by atoms with E-state index in [0.29, 0.717) is 6.04 Å². The van der Waals surface area contributed by atoms with Crippen LogP contribution in [0.3, 0.4) is 0 Å². The van der Waals surface area contributed by atoms with E-state index in [1.54, 1.807) is 0 Å². The summed E-state index contributed by atoms with van der Waals surface area (Å²) in [5.74, 6) is 0.860. The summed E-state index contributed by atoms with van der Waals surface area (Å²) in [6.07, 6.45) is 5.10. The van der Waals surface area contributed by atoms with Gasteiger partial charge < -0.3 is 10.2 Å². The van der Waals surface area contributed by atoms with Crippen molar-refractivity contribution in [3.63, 3.8) is 0 Å². The Morgan fingerprint density at radius 1 is 1.33 bits per heavy atom. The zero-order valence-electron chi connectivity index (χ0n) is 13.7. The van der Waals surface area contributed by atoms with E-state index in [0.717, 1.165) is 23.9 Å². The molecule has 2 atom stereocenters. The number of nitrogens with zero attached hydrogens (tertiary/aromatic N) is 1. The highest BCUT2D eigenvalue weighted by molar-refractivity contribution is 6.31. The molecule has 0 radical (unpaired) electrons. The second-order valence-electron chi connectivity index (χ2n) is 6.27. The van der Waals surface area contributed by atoms with Crippen molar-refractivity contribution in [1.29, 1.82) is 0 Å². The van der Waals surface area contributed by atoms with Crippen LogP contribution >= 0.6 is 11.6 Å². The van der Waals surface area contributed by atoms with Crippen LogP contribution in [0, 0.1) is 5.92 Å². The maximum Gasteiger partial charge on any atom is 0.0474 e. The first-order chi connectivity index (χ1) is 10.2. The number of halogens is 1. The molecular weight excluding hydrogens is 280 g/mol. The topological polar surface area (TPSA) is 15.3 Å². The Bertz CT molecular complexity index is 447.